The first-order valence-electron chi connectivity index (χ1n) is 6.54. The second-order valence-electron chi connectivity index (χ2n) is 5.90. The van der Waals surface area contributed by atoms with E-state index in [0.717, 1.165) is 22.2 Å². The van der Waals surface area contributed by atoms with Crippen LogP contribution in [-0.4, -0.2) is 34.5 Å². The number of thiophene rings is 1. The number of piperidine rings is 1. The van der Waals surface area contributed by atoms with E-state index in [-0.39, 0.29) is 5.91 Å². The van der Waals surface area contributed by atoms with Gasteiger partial charge in [-0.25, -0.2) is 4.79 Å². The predicted molar refractivity (Wildman–Crippen MR) is 82.2 cm³/mol. The summed E-state index contributed by atoms with van der Waals surface area (Å²) < 4.78 is 0.920. The minimum Gasteiger partial charge on any atom is -0.480 e. The number of carboxylic acids is 1. The van der Waals surface area contributed by atoms with E-state index in [4.69, 9.17) is 0 Å². The number of amides is 1. The summed E-state index contributed by atoms with van der Waals surface area (Å²) in [5.41, 5.74) is 0.602. The Hall–Kier alpha value is -0.880. The minimum absolute atomic E-state index is 0.177. The molecule has 0 aliphatic carbocycles. The highest BCUT2D eigenvalue weighted by molar-refractivity contribution is 9.11. The molecule has 0 aromatic carbocycles. The summed E-state index contributed by atoms with van der Waals surface area (Å²) >= 11 is 4.77. The lowest BCUT2D eigenvalue weighted by Gasteiger charge is -2.43. The lowest BCUT2D eigenvalue weighted by atomic mass is 9.76. The summed E-state index contributed by atoms with van der Waals surface area (Å²) in [6.45, 7) is 6.27. The molecule has 0 radical (unpaired) electrons. The van der Waals surface area contributed by atoms with E-state index in [1.165, 1.54) is 16.2 Å². The fourth-order valence-corrected chi connectivity index (χ4v) is 4.28. The van der Waals surface area contributed by atoms with Crippen molar-refractivity contribution in [1.29, 1.82) is 0 Å². The predicted octanol–water partition coefficient (Wildman–Crippen LogP) is 3.53. The molecule has 1 aromatic heterocycles. The van der Waals surface area contributed by atoms with Crippen molar-refractivity contribution in [3.05, 3.63) is 20.3 Å². The molecule has 2 heterocycles. The van der Waals surface area contributed by atoms with Crippen LogP contribution >= 0.6 is 27.3 Å². The van der Waals surface area contributed by atoms with E-state index >= 15 is 0 Å². The molecule has 0 saturated carbocycles. The summed E-state index contributed by atoms with van der Waals surface area (Å²) in [5, 5.41) is 9.50. The number of likely N-dealkylation sites (tertiary alicyclic amines) is 1. The summed E-state index contributed by atoms with van der Waals surface area (Å²) in [5.74, 6) is -1.10. The van der Waals surface area contributed by atoms with E-state index in [0.29, 0.717) is 11.4 Å². The van der Waals surface area contributed by atoms with Crippen molar-refractivity contribution < 1.29 is 14.7 Å². The zero-order valence-electron chi connectivity index (χ0n) is 11.8. The van der Waals surface area contributed by atoms with Crippen molar-refractivity contribution in [2.24, 2.45) is 5.41 Å². The van der Waals surface area contributed by atoms with Gasteiger partial charge in [0.15, 0.2) is 0 Å². The number of aryl methyl sites for hydroxylation is 1. The molecule has 0 spiro atoms. The van der Waals surface area contributed by atoms with E-state index in [9.17, 15) is 14.7 Å². The summed E-state index contributed by atoms with van der Waals surface area (Å²) in [6, 6.07) is 1.06. The highest BCUT2D eigenvalue weighted by Crippen LogP contribution is 2.37. The Labute approximate surface area is 130 Å². The number of halogens is 1. The molecule has 1 fully saturated rings. The normalized spacial score (nSPS) is 21.8. The van der Waals surface area contributed by atoms with Gasteiger partial charge in [-0.05, 0) is 52.7 Å². The Bertz CT molecular complexity index is 533. The monoisotopic (exact) mass is 359 g/mol. The lowest BCUT2D eigenvalue weighted by molar-refractivity contribution is -0.148. The van der Waals surface area contributed by atoms with E-state index in [1.807, 2.05) is 26.8 Å². The molecule has 0 bridgehead atoms. The molecule has 1 atom stereocenters. The highest BCUT2D eigenvalue weighted by atomic mass is 79.9. The molecule has 1 aliphatic rings. The summed E-state index contributed by atoms with van der Waals surface area (Å²) in [4.78, 5) is 26.3. The number of aliphatic carboxylic acids is 1. The van der Waals surface area contributed by atoms with Crippen LogP contribution < -0.4 is 0 Å². The van der Waals surface area contributed by atoms with Crippen molar-refractivity contribution >= 4 is 39.1 Å². The van der Waals surface area contributed by atoms with Gasteiger partial charge in [0.1, 0.15) is 6.04 Å². The third kappa shape index (κ3) is 2.76. The van der Waals surface area contributed by atoms with E-state index in [1.54, 1.807) is 0 Å². The maximum Gasteiger partial charge on any atom is 0.326 e. The zero-order chi connectivity index (χ0) is 15.1. The van der Waals surface area contributed by atoms with Gasteiger partial charge in [0.25, 0.3) is 5.91 Å². The van der Waals surface area contributed by atoms with Gasteiger partial charge in [-0.1, -0.05) is 13.8 Å². The number of carboxylic acid groups (broad SMARTS) is 1. The van der Waals surface area contributed by atoms with Crippen molar-refractivity contribution in [3.63, 3.8) is 0 Å². The first-order chi connectivity index (χ1) is 9.24. The van der Waals surface area contributed by atoms with Gasteiger partial charge in [0.05, 0.1) is 8.66 Å². The quantitative estimate of drug-likeness (QED) is 0.878. The number of hydrogen-bond acceptors (Lipinski definition) is 3. The SMILES string of the molecule is Cc1cc(C(=O)N2CCCC(C)(C)C2C(=O)O)sc1Br. The molecule has 1 aromatic rings. The van der Waals surface area contributed by atoms with Gasteiger partial charge in [-0.15, -0.1) is 11.3 Å². The number of carbonyl (C=O) groups excluding carboxylic acids is 1. The first-order valence-corrected chi connectivity index (χ1v) is 8.14. The van der Waals surface area contributed by atoms with Crippen molar-refractivity contribution in [3.8, 4) is 0 Å². The van der Waals surface area contributed by atoms with E-state index < -0.39 is 17.4 Å². The Morgan fingerprint density at radius 1 is 1.50 bits per heavy atom. The Balaban J connectivity index is 2.34. The van der Waals surface area contributed by atoms with Gasteiger partial charge >= 0.3 is 5.97 Å². The molecular formula is C14H18BrNO3S. The number of nitrogens with zero attached hydrogens (tertiary/aromatic N) is 1. The van der Waals surface area contributed by atoms with Crippen LogP contribution in [0.3, 0.4) is 0 Å². The summed E-state index contributed by atoms with van der Waals surface area (Å²) in [7, 11) is 0. The van der Waals surface area contributed by atoms with Crippen LogP contribution in [-0.2, 0) is 4.79 Å². The van der Waals surface area contributed by atoms with Crippen molar-refractivity contribution in [2.45, 2.75) is 39.7 Å². The lowest BCUT2D eigenvalue weighted by Crippen LogP contribution is -2.56. The third-order valence-electron chi connectivity index (χ3n) is 3.83. The van der Waals surface area contributed by atoms with Gasteiger partial charge < -0.3 is 10.0 Å². The summed E-state index contributed by atoms with van der Waals surface area (Å²) in [6.07, 6.45) is 1.66. The first kappa shape index (κ1) is 15.5. The average molecular weight is 360 g/mol. The fourth-order valence-electron chi connectivity index (χ4n) is 2.79. The van der Waals surface area contributed by atoms with Crippen molar-refractivity contribution in [2.75, 3.05) is 6.54 Å². The fraction of sp³-hybridized carbons (Fsp3) is 0.571. The topological polar surface area (TPSA) is 57.6 Å². The van der Waals surface area contributed by atoms with Gasteiger partial charge in [0.2, 0.25) is 0 Å². The average Bonchev–Trinajstić information content (AvgIpc) is 2.66. The maximum atomic E-state index is 12.6. The maximum absolute atomic E-state index is 12.6. The Morgan fingerprint density at radius 3 is 2.65 bits per heavy atom. The second-order valence-corrected chi connectivity index (χ2v) is 8.27. The molecule has 1 amide bonds. The molecule has 1 saturated heterocycles. The number of carbonyl (C=O) groups is 2. The molecule has 1 unspecified atom stereocenters. The number of hydrogen-bond donors (Lipinski definition) is 1. The van der Waals surface area contributed by atoms with E-state index in [2.05, 4.69) is 15.9 Å². The zero-order valence-corrected chi connectivity index (χ0v) is 14.2. The molecule has 6 heteroatoms. The third-order valence-corrected chi connectivity index (χ3v) is 5.96. The largest absolute Gasteiger partial charge is 0.480 e. The van der Waals surface area contributed by atoms with Gasteiger partial charge in [0, 0.05) is 6.54 Å². The second kappa shape index (κ2) is 5.48. The van der Waals surface area contributed by atoms with Crippen LogP contribution in [0.15, 0.2) is 9.85 Å². The Morgan fingerprint density at radius 2 is 2.15 bits per heavy atom. The minimum atomic E-state index is -0.921. The standard InChI is InChI=1S/C14H18BrNO3S/c1-8-7-9(20-11(8)15)12(17)16-6-4-5-14(2,3)10(16)13(18)19/h7,10H,4-6H2,1-3H3,(H,18,19). The van der Waals surface area contributed by atoms with Crippen LogP contribution in [0.4, 0.5) is 0 Å². The van der Waals surface area contributed by atoms with Gasteiger partial charge in [-0.3, -0.25) is 4.79 Å². The highest BCUT2D eigenvalue weighted by Gasteiger charge is 2.44. The molecule has 1 aliphatic heterocycles. The Kier molecular flexibility index (Phi) is 4.25. The van der Waals surface area contributed by atoms with Crippen molar-refractivity contribution in [1.82, 2.24) is 4.90 Å². The van der Waals surface area contributed by atoms with Crippen LogP contribution in [0.2, 0.25) is 0 Å². The molecular weight excluding hydrogens is 342 g/mol. The number of rotatable bonds is 2. The molecule has 110 valence electrons. The molecule has 2 rings (SSSR count). The van der Waals surface area contributed by atoms with Crippen LogP contribution in [0.5, 0.6) is 0 Å². The van der Waals surface area contributed by atoms with Gasteiger partial charge in [-0.2, -0.15) is 0 Å². The van der Waals surface area contributed by atoms with Crippen LogP contribution in [0.25, 0.3) is 0 Å². The van der Waals surface area contributed by atoms with Crippen LogP contribution in [0.1, 0.15) is 41.9 Å². The van der Waals surface area contributed by atoms with Crippen LogP contribution in [0, 0.1) is 12.3 Å². The smallest absolute Gasteiger partial charge is 0.326 e. The molecule has 4 nitrogen and oxygen atoms in total. The molecule has 20 heavy (non-hydrogen) atoms. The molecule has 1 N–H and O–H groups in total.